The van der Waals surface area contributed by atoms with Gasteiger partial charge >= 0.3 is 6.61 Å². The van der Waals surface area contributed by atoms with Crippen LogP contribution in [-0.4, -0.2) is 23.9 Å². The van der Waals surface area contributed by atoms with E-state index in [0.29, 0.717) is 5.57 Å². The first-order chi connectivity index (χ1) is 15.3. The lowest BCUT2D eigenvalue weighted by atomic mass is 9.84. The molecule has 0 fully saturated rings. The number of alkyl halides is 2. The summed E-state index contributed by atoms with van der Waals surface area (Å²) in [5, 5.41) is 19.1. The van der Waals surface area contributed by atoms with E-state index in [1.165, 1.54) is 0 Å². The highest BCUT2D eigenvalue weighted by molar-refractivity contribution is 6.34. The van der Waals surface area contributed by atoms with E-state index >= 15 is 4.39 Å². The summed E-state index contributed by atoms with van der Waals surface area (Å²) in [6.07, 6.45) is 9.29. The van der Waals surface area contributed by atoms with Gasteiger partial charge in [-0.1, -0.05) is 11.6 Å². The zero-order valence-electron chi connectivity index (χ0n) is 16.1. The first kappa shape index (κ1) is 21.8. The van der Waals surface area contributed by atoms with Crippen molar-refractivity contribution in [3.63, 3.8) is 0 Å². The molecule has 32 heavy (non-hydrogen) atoms. The summed E-state index contributed by atoms with van der Waals surface area (Å²) in [5.41, 5.74) is -1.56. The summed E-state index contributed by atoms with van der Waals surface area (Å²) in [5.74, 6) is -3.12. The molecule has 2 aromatic rings. The second-order valence-electron chi connectivity index (χ2n) is 7.03. The summed E-state index contributed by atoms with van der Waals surface area (Å²) < 4.78 is 65.5. The summed E-state index contributed by atoms with van der Waals surface area (Å²) in [6.45, 7) is -3.83. The zero-order chi connectivity index (χ0) is 23.0. The number of nitriles is 1. The lowest BCUT2D eigenvalue weighted by Crippen LogP contribution is -2.40. The summed E-state index contributed by atoms with van der Waals surface area (Å²) in [7, 11) is 0. The maximum Gasteiger partial charge on any atom is 0.387 e. The van der Waals surface area contributed by atoms with Crippen molar-refractivity contribution in [2.75, 3.05) is 6.61 Å². The summed E-state index contributed by atoms with van der Waals surface area (Å²) in [6, 6.07) is 4.71. The van der Waals surface area contributed by atoms with Crippen LogP contribution in [0, 0.1) is 29.0 Å². The Bertz CT molecular complexity index is 1230. The molecule has 0 amide bonds. The fourth-order valence-corrected chi connectivity index (χ4v) is 4.08. The van der Waals surface area contributed by atoms with Crippen LogP contribution in [0.4, 0.5) is 17.6 Å². The van der Waals surface area contributed by atoms with Crippen LogP contribution in [0.25, 0.3) is 11.1 Å². The van der Waals surface area contributed by atoms with Crippen molar-refractivity contribution in [1.29, 1.82) is 5.26 Å². The molecule has 1 N–H and O–H groups in total. The van der Waals surface area contributed by atoms with Gasteiger partial charge in [0.05, 0.1) is 35.4 Å². The van der Waals surface area contributed by atoms with Gasteiger partial charge in [-0.05, 0) is 12.1 Å². The first-order valence-corrected chi connectivity index (χ1v) is 9.64. The third-order valence-electron chi connectivity index (χ3n) is 5.25. The largest absolute Gasteiger partial charge is 0.477 e. The Morgan fingerprint density at radius 3 is 2.72 bits per heavy atom. The van der Waals surface area contributed by atoms with Gasteiger partial charge in [0.25, 0.3) is 0 Å². The molecule has 0 saturated heterocycles. The molecule has 0 unspecified atom stereocenters. The molecule has 162 valence electrons. The Morgan fingerprint density at radius 2 is 2.09 bits per heavy atom. The third kappa shape index (κ3) is 3.51. The molecular formula is C23H13ClF4NO3+. The first-order valence-electron chi connectivity index (χ1n) is 9.26. The highest BCUT2D eigenvalue weighted by Gasteiger charge is 2.47. The number of fused-ring (bicyclic) bond motifs is 1. The van der Waals surface area contributed by atoms with Crippen molar-refractivity contribution in [3.8, 4) is 28.7 Å². The van der Waals surface area contributed by atoms with Crippen LogP contribution in [0.5, 0.6) is 11.5 Å². The predicted molar refractivity (Wildman–Crippen MR) is 107 cm³/mol. The molecule has 0 saturated carbocycles. The standard InChI is InChI=1S/C23H13ClF4NO3/c24-20-15(25)8-17-14(9-23(11-30,32-17)13-4-2-1-3-5-13)19(20)18-12(10-29)6-7-16(21(18)26)31-22(27)28/h2-8,22,30H,9,11H2/q+1/t23-/m1/s1. The van der Waals surface area contributed by atoms with E-state index in [1.807, 2.05) is 0 Å². The normalized spacial score (nSPS) is 18.6. The zero-order valence-corrected chi connectivity index (χ0v) is 16.9. The van der Waals surface area contributed by atoms with Gasteiger partial charge in [-0.25, -0.2) is 8.78 Å². The van der Waals surface area contributed by atoms with Crippen LogP contribution >= 0.6 is 11.6 Å². The number of allylic oxidation sites excluding steroid dienone is 4. The van der Waals surface area contributed by atoms with Crippen LogP contribution in [0.15, 0.2) is 48.1 Å². The monoisotopic (exact) mass is 462 g/mol. The van der Waals surface area contributed by atoms with Gasteiger partial charge in [0, 0.05) is 35.3 Å². The number of halogens is 5. The van der Waals surface area contributed by atoms with Crippen molar-refractivity contribution >= 4 is 11.6 Å². The second-order valence-corrected chi connectivity index (χ2v) is 7.41. The SMILES string of the molecule is N#Cc1ccc(OC(F)F)c(F)c1-c1c(Cl)c(F)cc2c1C[C@@](CO)(C1=CC=[C+]C=C1)O2. The van der Waals surface area contributed by atoms with Gasteiger partial charge in [-0.15, -0.1) is 0 Å². The minimum absolute atomic E-state index is 0.0211. The van der Waals surface area contributed by atoms with Crippen molar-refractivity contribution < 1.29 is 32.1 Å². The molecule has 1 atom stereocenters. The average Bonchev–Trinajstić information content (AvgIpc) is 3.16. The van der Waals surface area contributed by atoms with E-state index in [1.54, 1.807) is 30.4 Å². The van der Waals surface area contributed by atoms with Gasteiger partial charge < -0.3 is 14.6 Å². The average molecular weight is 463 g/mol. The number of hydrogen-bond donors (Lipinski definition) is 1. The van der Waals surface area contributed by atoms with Gasteiger partial charge in [0.15, 0.2) is 17.2 Å². The highest BCUT2D eigenvalue weighted by atomic mass is 35.5. The fraction of sp³-hybridized carbons (Fsp3) is 0.174. The van der Waals surface area contributed by atoms with Crippen molar-refractivity contribution in [1.82, 2.24) is 0 Å². The number of ether oxygens (including phenoxy) is 2. The lowest BCUT2D eigenvalue weighted by Gasteiger charge is -2.25. The minimum Gasteiger partial charge on any atom is -0.477 e. The highest BCUT2D eigenvalue weighted by Crippen LogP contribution is 2.49. The van der Waals surface area contributed by atoms with E-state index in [0.717, 1.165) is 18.2 Å². The molecule has 0 aromatic heterocycles. The number of hydrogen-bond acceptors (Lipinski definition) is 4. The molecular weight excluding hydrogens is 450 g/mol. The van der Waals surface area contributed by atoms with Gasteiger partial charge in [-0.2, -0.15) is 14.0 Å². The Kier molecular flexibility index (Phi) is 5.66. The van der Waals surface area contributed by atoms with Crippen LogP contribution in [0.1, 0.15) is 11.1 Å². The van der Waals surface area contributed by atoms with Crippen LogP contribution in [0.3, 0.4) is 0 Å². The Balaban J connectivity index is 1.96. The van der Waals surface area contributed by atoms with Crippen molar-refractivity contribution in [2.24, 2.45) is 0 Å². The van der Waals surface area contributed by atoms with Crippen molar-refractivity contribution in [3.05, 3.63) is 81.9 Å². The number of aliphatic hydroxyl groups excluding tert-OH is 1. The summed E-state index contributed by atoms with van der Waals surface area (Å²) >= 11 is 6.19. The number of rotatable bonds is 5. The number of nitrogens with zero attached hydrogens (tertiary/aromatic N) is 1. The lowest BCUT2D eigenvalue weighted by molar-refractivity contribution is -0.0521. The Hall–Kier alpha value is -3.37. The molecule has 2 aromatic carbocycles. The van der Waals surface area contributed by atoms with E-state index in [2.05, 4.69) is 10.8 Å². The molecule has 2 aliphatic rings. The molecule has 0 spiro atoms. The Morgan fingerprint density at radius 1 is 1.31 bits per heavy atom. The van der Waals surface area contributed by atoms with E-state index < -0.39 is 46.8 Å². The van der Waals surface area contributed by atoms with Gasteiger partial charge in [0.2, 0.25) is 0 Å². The molecule has 0 radical (unpaired) electrons. The fourth-order valence-electron chi connectivity index (χ4n) is 3.81. The van der Waals surface area contributed by atoms with E-state index in [9.17, 15) is 23.5 Å². The molecule has 1 aliphatic heterocycles. The predicted octanol–water partition coefficient (Wildman–Crippen LogP) is 5.28. The number of benzene rings is 2. The van der Waals surface area contributed by atoms with Gasteiger partial charge in [-0.3, -0.25) is 0 Å². The maximum atomic E-state index is 15.3. The second kappa shape index (κ2) is 8.29. The smallest absolute Gasteiger partial charge is 0.387 e. The molecule has 0 bridgehead atoms. The minimum atomic E-state index is -3.32. The number of aliphatic hydroxyl groups is 1. The molecule has 4 rings (SSSR count). The summed E-state index contributed by atoms with van der Waals surface area (Å²) in [4.78, 5) is 0. The molecule has 1 heterocycles. The quantitative estimate of drug-likeness (QED) is 0.485. The van der Waals surface area contributed by atoms with Crippen molar-refractivity contribution in [2.45, 2.75) is 18.6 Å². The maximum absolute atomic E-state index is 15.3. The van der Waals surface area contributed by atoms with Gasteiger partial charge in [0.1, 0.15) is 29.3 Å². The topological polar surface area (TPSA) is 62.5 Å². The molecule has 9 heteroatoms. The van der Waals surface area contributed by atoms with Crippen LogP contribution in [-0.2, 0) is 6.42 Å². The van der Waals surface area contributed by atoms with Crippen LogP contribution < -0.4 is 9.47 Å². The van der Waals surface area contributed by atoms with Crippen LogP contribution in [0.2, 0.25) is 5.02 Å². The van der Waals surface area contributed by atoms with E-state index in [-0.39, 0.29) is 28.9 Å². The Labute approximate surface area is 185 Å². The molecule has 1 aliphatic carbocycles. The third-order valence-corrected chi connectivity index (χ3v) is 5.62. The van der Waals surface area contributed by atoms with E-state index in [4.69, 9.17) is 16.3 Å². The molecule has 4 nitrogen and oxygen atoms in total.